The third-order valence-electron chi connectivity index (χ3n) is 5.59. The lowest BCUT2D eigenvalue weighted by Crippen LogP contribution is -2.39. The predicted octanol–water partition coefficient (Wildman–Crippen LogP) is 4.08. The van der Waals surface area contributed by atoms with Crippen molar-refractivity contribution in [2.75, 3.05) is 13.1 Å². The minimum absolute atomic E-state index is 0.492. The van der Waals surface area contributed by atoms with Crippen LogP contribution in [0.2, 0.25) is 0 Å². The van der Waals surface area contributed by atoms with Gasteiger partial charge in [-0.05, 0) is 42.4 Å². The third kappa shape index (κ3) is 3.55. The summed E-state index contributed by atoms with van der Waals surface area (Å²) in [6, 6.07) is 20.0. The van der Waals surface area contributed by atoms with Crippen LogP contribution in [0.5, 0.6) is 0 Å². The van der Waals surface area contributed by atoms with Gasteiger partial charge in [-0.3, -0.25) is 5.41 Å². The van der Waals surface area contributed by atoms with Gasteiger partial charge in [0.25, 0.3) is 0 Å². The number of guanidine groups is 1. The van der Waals surface area contributed by atoms with Gasteiger partial charge in [0, 0.05) is 19.6 Å². The van der Waals surface area contributed by atoms with Crippen LogP contribution < -0.4 is 0 Å². The van der Waals surface area contributed by atoms with Crippen LogP contribution in [-0.2, 0) is 19.4 Å². The first kappa shape index (κ1) is 16.2. The largest absolute Gasteiger partial charge is 0.341 e. The Kier molecular flexibility index (Phi) is 4.73. The van der Waals surface area contributed by atoms with Gasteiger partial charge >= 0.3 is 0 Å². The van der Waals surface area contributed by atoms with Crippen LogP contribution in [-0.4, -0.2) is 34.9 Å². The number of benzene rings is 2. The fraction of sp³-hybridized carbons (Fsp3) is 0.409. The summed E-state index contributed by atoms with van der Waals surface area (Å²) in [5, 5.41) is 8.54. The molecule has 0 radical (unpaired) electrons. The van der Waals surface area contributed by atoms with Crippen LogP contribution in [0.25, 0.3) is 0 Å². The number of rotatable bonds is 6. The van der Waals surface area contributed by atoms with E-state index in [1.54, 1.807) is 0 Å². The number of aryl methyl sites for hydroxylation is 1. The third-order valence-corrected chi connectivity index (χ3v) is 5.59. The summed E-state index contributed by atoms with van der Waals surface area (Å²) in [6.07, 6.45) is 5.92. The minimum atomic E-state index is 0.492. The molecule has 3 nitrogen and oxygen atoms in total. The summed E-state index contributed by atoms with van der Waals surface area (Å²) in [6.45, 7) is 2.95. The Morgan fingerprint density at radius 3 is 2.48 bits per heavy atom. The Morgan fingerprint density at radius 2 is 1.64 bits per heavy atom. The van der Waals surface area contributed by atoms with Crippen molar-refractivity contribution in [3.63, 3.8) is 0 Å². The lowest BCUT2D eigenvalue weighted by Gasteiger charge is -2.31. The second kappa shape index (κ2) is 7.30. The number of nitrogens with zero attached hydrogens (tertiary/aromatic N) is 2. The lowest BCUT2D eigenvalue weighted by atomic mass is 9.95. The average Bonchev–Trinajstić information content (AvgIpc) is 2.96. The van der Waals surface area contributed by atoms with Gasteiger partial charge in [-0.2, -0.15) is 0 Å². The standard InChI is InChI=1S/C22H27N3/c23-22-24(14-8-2-5-11-18-9-3-1-4-10-18)17-21-15-19-12-6-7-13-20(19)16-25(21)22/h1,3-4,6-7,9-10,12-13,21,23H,2,5,8,11,14-17H2/t21-/m0/s1. The predicted molar refractivity (Wildman–Crippen MR) is 103 cm³/mol. The molecule has 0 unspecified atom stereocenters. The molecule has 1 saturated heterocycles. The van der Waals surface area contributed by atoms with Crippen molar-refractivity contribution in [1.82, 2.24) is 9.80 Å². The summed E-state index contributed by atoms with van der Waals surface area (Å²) in [5.74, 6) is 0.738. The van der Waals surface area contributed by atoms with Crippen molar-refractivity contribution in [3.05, 3.63) is 71.3 Å². The van der Waals surface area contributed by atoms with E-state index in [2.05, 4.69) is 64.4 Å². The molecule has 0 aliphatic carbocycles. The molecule has 1 fully saturated rings. The molecule has 1 N–H and O–H groups in total. The fourth-order valence-electron chi connectivity index (χ4n) is 4.17. The molecular formula is C22H27N3. The number of fused-ring (bicyclic) bond motifs is 2. The number of hydrogen-bond donors (Lipinski definition) is 1. The smallest absolute Gasteiger partial charge is 0.194 e. The summed E-state index contributed by atoms with van der Waals surface area (Å²) in [7, 11) is 0. The van der Waals surface area contributed by atoms with Crippen LogP contribution >= 0.6 is 0 Å². The van der Waals surface area contributed by atoms with E-state index in [1.807, 2.05) is 0 Å². The van der Waals surface area contributed by atoms with E-state index in [9.17, 15) is 0 Å². The van der Waals surface area contributed by atoms with E-state index in [-0.39, 0.29) is 0 Å². The average molecular weight is 333 g/mol. The second-order valence-corrected chi connectivity index (χ2v) is 7.32. The van der Waals surface area contributed by atoms with Crippen molar-refractivity contribution in [2.24, 2.45) is 0 Å². The summed E-state index contributed by atoms with van der Waals surface area (Å²) in [5.41, 5.74) is 4.31. The monoisotopic (exact) mass is 333 g/mol. The van der Waals surface area contributed by atoms with E-state index >= 15 is 0 Å². The summed E-state index contributed by atoms with van der Waals surface area (Å²) in [4.78, 5) is 4.59. The Hall–Kier alpha value is -2.29. The zero-order valence-electron chi connectivity index (χ0n) is 14.8. The molecule has 2 aromatic carbocycles. The van der Waals surface area contributed by atoms with E-state index in [0.717, 1.165) is 32.0 Å². The molecule has 0 amide bonds. The Labute approximate surface area is 150 Å². The maximum absolute atomic E-state index is 8.54. The molecule has 3 heteroatoms. The molecule has 0 spiro atoms. The van der Waals surface area contributed by atoms with Crippen molar-refractivity contribution in [2.45, 2.75) is 44.7 Å². The fourth-order valence-corrected chi connectivity index (χ4v) is 4.17. The van der Waals surface area contributed by atoms with Gasteiger partial charge in [0.1, 0.15) is 0 Å². The van der Waals surface area contributed by atoms with Crippen molar-refractivity contribution >= 4 is 5.96 Å². The second-order valence-electron chi connectivity index (χ2n) is 7.32. The Morgan fingerprint density at radius 1 is 0.880 bits per heavy atom. The van der Waals surface area contributed by atoms with Gasteiger partial charge in [0.15, 0.2) is 5.96 Å². The molecule has 0 aromatic heterocycles. The first-order valence-corrected chi connectivity index (χ1v) is 9.52. The molecule has 1 atom stereocenters. The zero-order valence-corrected chi connectivity index (χ0v) is 14.8. The van der Waals surface area contributed by atoms with Crippen molar-refractivity contribution in [1.29, 1.82) is 5.41 Å². The molecule has 130 valence electrons. The lowest BCUT2D eigenvalue weighted by molar-refractivity contribution is 0.311. The van der Waals surface area contributed by atoms with Crippen LogP contribution in [0.3, 0.4) is 0 Å². The highest BCUT2D eigenvalue weighted by molar-refractivity contribution is 5.80. The highest BCUT2D eigenvalue weighted by atomic mass is 15.4. The van der Waals surface area contributed by atoms with Gasteiger partial charge in [0.05, 0.1) is 6.04 Å². The molecule has 2 heterocycles. The van der Waals surface area contributed by atoms with Crippen LogP contribution in [0.4, 0.5) is 0 Å². The van der Waals surface area contributed by atoms with Crippen LogP contribution in [0, 0.1) is 5.41 Å². The molecule has 2 aromatic rings. The van der Waals surface area contributed by atoms with Crippen molar-refractivity contribution < 1.29 is 0 Å². The number of unbranched alkanes of at least 4 members (excludes halogenated alkanes) is 2. The molecule has 0 saturated carbocycles. The molecular weight excluding hydrogens is 306 g/mol. The zero-order chi connectivity index (χ0) is 17.1. The van der Waals surface area contributed by atoms with Crippen LogP contribution in [0.1, 0.15) is 36.0 Å². The summed E-state index contributed by atoms with van der Waals surface area (Å²) < 4.78 is 0. The maximum Gasteiger partial charge on any atom is 0.194 e. The van der Waals surface area contributed by atoms with Gasteiger partial charge in [-0.1, -0.05) is 61.0 Å². The van der Waals surface area contributed by atoms with Crippen molar-refractivity contribution in [3.8, 4) is 0 Å². The van der Waals surface area contributed by atoms with Crippen LogP contribution in [0.15, 0.2) is 54.6 Å². The molecule has 0 bridgehead atoms. The Balaban J connectivity index is 1.24. The number of hydrogen-bond acceptors (Lipinski definition) is 1. The molecule has 2 aliphatic heterocycles. The summed E-state index contributed by atoms with van der Waals surface area (Å²) >= 11 is 0. The van der Waals surface area contributed by atoms with E-state index in [4.69, 9.17) is 5.41 Å². The minimum Gasteiger partial charge on any atom is -0.341 e. The maximum atomic E-state index is 8.54. The topological polar surface area (TPSA) is 30.3 Å². The first-order chi connectivity index (χ1) is 12.3. The molecule has 2 aliphatic rings. The van der Waals surface area contributed by atoms with E-state index < -0.39 is 0 Å². The Bertz CT molecular complexity index is 725. The SMILES string of the molecule is N=C1N(CCCCCc2ccccc2)C[C@@H]2Cc3ccccc3CN12. The van der Waals surface area contributed by atoms with Gasteiger partial charge < -0.3 is 9.80 Å². The molecule has 25 heavy (non-hydrogen) atoms. The van der Waals surface area contributed by atoms with E-state index in [0.29, 0.717) is 6.04 Å². The molecule has 4 rings (SSSR count). The van der Waals surface area contributed by atoms with Gasteiger partial charge in [-0.15, -0.1) is 0 Å². The first-order valence-electron chi connectivity index (χ1n) is 9.52. The van der Waals surface area contributed by atoms with Gasteiger partial charge in [-0.25, -0.2) is 0 Å². The normalized spacial score (nSPS) is 19.0. The number of nitrogens with one attached hydrogen (secondary N) is 1. The quantitative estimate of drug-likeness (QED) is 0.808. The van der Waals surface area contributed by atoms with Gasteiger partial charge in [0.2, 0.25) is 0 Å². The van der Waals surface area contributed by atoms with E-state index in [1.165, 1.54) is 42.4 Å². The highest BCUT2D eigenvalue weighted by Crippen LogP contribution is 2.28. The highest BCUT2D eigenvalue weighted by Gasteiger charge is 2.37.